The Morgan fingerprint density at radius 2 is 2.00 bits per heavy atom. The predicted octanol–water partition coefficient (Wildman–Crippen LogP) is 2.91. The van der Waals surface area contributed by atoms with Crippen molar-refractivity contribution in [3.05, 3.63) is 45.9 Å². The van der Waals surface area contributed by atoms with Gasteiger partial charge in [-0.3, -0.25) is 4.79 Å². The van der Waals surface area contributed by atoms with Crippen molar-refractivity contribution >= 4 is 22.9 Å². The van der Waals surface area contributed by atoms with Crippen LogP contribution >= 0.6 is 11.3 Å². The van der Waals surface area contributed by atoms with E-state index in [1.54, 1.807) is 5.38 Å². The van der Waals surface area contributed by atoms with Gasteiger partial charge in [0.25, 0.3) is 0 Å². The zero-order valence-corrected chi connectivity index (χ0v) is 10.4. The topological polar surface area (TPSA) is 42.0 Å². The molecule has 6 heteroatoms. The molecule has 0 saturated heterocycles. The first-order chi connectivity index (χ1) is 8.52. The van der Waals surface area contributed by atoms with Gasteiger partial charge in [-0.05, 0) is 19.1 Å². The van der Waals surface area contributed by atoms with Crippen molar-refractivity contribution < 1.29 is 13.6 Å². The molecule has 1 aromatic heterocycles. The molecule has 0 aliphatic rings. The maximum Gasteiger partial charge on any atom is 0.230 e. The number of aromatic nitrogens is 1. The Balaban J connectivity index is 2.02. The Labute approximate surface area is 106 Å². The third-order valence-electron chi connectivity index (χ3n) is 2.15. The minimum Gasteiger partial charge on any atom is -0.326 e. The van der Waals surface area contributed by atoms with Gasteiger partial charge in [0.2, 0.25) is 5.91 Å². The van der Waals surface area contributed by atoms with Crippen LogP contribution in [-0.4, -0.2) is 10.9 Å². The molecule has 0 fully saturated rings. The molecule has 0 aliphatic heterocycles. The highest BCUT2D eigenvalue weighted by atomic mass is 32.1. The van der Waals surface area contributed by atoms with Gasteiger partial charge < -0.3 is 5.32 Å². The first-order valence-corrected chi connectivity index (χ1v) is 6.08. The first-order valence-electron chi connectivity index (χ1n) is 5.20. The highest BCUT2D eigenvalue weighted by molar-refractivity contribution is 7.09. The maximum absolute atomic E-state index is 12.9. The highest BCUT2D eigenvalue weighted by Gasteiger charge is 2.08. The van der Waals surface area contributed by atoms with E-state index in [-0.39, 0.29) is 18.0 Å². The molecule has 18 heavy (non-hydrogen) atoms. The summed E-state index contributed by atoms with van der Waals surface area (Å²) in [6.45, 7) is 1.84. The molecular formula is C12H10F2N2OS. The maximum atomic E-state index is 12.9. The number of hydrogen-bond acceptors (Lipinski definition) is 3. The summed E-state index contributed by atoms with van der Waals surface area (Å²) in [7, 11) is 0. The Kier molecular flexibility index (Phi) is 3.66. The lowest BCUT2D eigenvalue weighted by Gasteiger charge is -2.04. The van der Waals surface area contributed by atoms with Crippen LogP contribution in [0.15, 0.2) is 23.6 Å². The van der Waals surface area contributed by atoms with Gasteiger partial charge in [-0.15, -0.1) is 11.3 Å². The summed E-state index contributed by atoms with van der Waals surface area (Å²) in [5.74, 6) is -1.81. The number of amides is 1. The van der Waals surface area contributed by atoms with Crippen molar-refractivity contribution in [2.75, 3.05) is 5.32 Å². The van der Waals surface area contributed by atoms with Crippen molar-refractivity contribution in [3.63, 3.8) is 0 Å². The van der Waals surface area contributed by atoms with Crippen LogP contribution in [0.25, 0.3) is 0 Å². The van der Waals surface area contributed by atoms with E-state index in [1.165, 1.54) is 11.3 Å². The molecule has 1 heterocycles. The number of nitrogens with zero attached hydrogens (tertiary/aromatic N) is 1. The van der Waals surface area contributed by atoms with E-state index >= 15 is 0 Å². The number of benzene rings is 1. The van der Waals surface area contributed by atoms with E-state index in [2.05, 4.69) is 10.3 Å². The summed E-state index contributed by atoms with van der Waals surface area (Å²) >= 11 is 1.45. The van der Waals surface area contributed by atoms with Gasteiger partial charge in [0.1, 0.15) is 11.6 Å². The van der Waals surface area contributed by atoms with Crippen LogP contribution in [0, 0.1) is 18.6 Å². The predicted molar refractivity (Wildman–Crippen MR) is 65.5 cm³/mol. The van der Waals surface area contributed by atoms with Gasteiger partial charge in [-0.1, -0.05) is 0 Å². The molecule has 0 saturated carbocycles. The van der Waals surface area contributed by atoms with Gasteiger partial charge in [0, 0.05) is 17.1 Å². The van der Waals surface area contributed by atoms with Crippen LogP contribution < -0.4 is 5.32 Å². The van der Waals surface area contributed by atoms with Crippen LogP contribution in [-0.2, 0) is 11.2 Å². The molecule has 1 N–H and O–H groups in total. The summed E-state index contributed by atoms with van der Waals surface area (Å²) in [6.07, 6.45) is 0.0858. The fourth-order valence-electron chi connectivity index (χ4n) is 1.49. The van der Waals surface area contributed by atoms with Crippen molar-refractivity contribution in [1.82, 2.24) is 4.98 Å². The lowest BCUT2D eigenvalue weighted by atomic mass is 10.2. The minimum absolute atomic E-state index is 0.0858. The number of anilines is 1. The first kappa shape index (κ1) is 12.6. The van der Waals surface area contributed by atoms with E-state index in [1.807, 2.05) is 6.92 Å². The number of rotatable bonds is 3. The fourth-order valence-corrected chi connectivity index (χ4v) is 2.10. The lowest BCUT2D eigenvalue weighted by Crippen LogP contribution is -2.14. The molecule has 3 nitrogen and oxygen atoms in total. The number of halogens is 2. The molecule has 1 amide bonds. The molecule has 0 aliphatic carbocycles. The van der Waals surface area contributed by atoms with Gasteiger partial charge in [-0.25, -0.2) is 13.8 Å². The van der Waals surface area contributed by atoms with Crippen molar-refractivity contribution in [2.45, 2.75) is 13.3 Å². The largest absolute Gasteiger partial charge is 0.326 e. The van der Waals surface area contributed by atoms with E-state index in [9.17, 15) is 13.6 Å². The normalized spacial score (nSPS) is 10.4. The number of nitrogens with one attached hydrogen (secondary N) is 1. The summed E-state index contributed by atoms with van der Waals surface area (Å²) in [6, 6.07) is 2.88. The average Bonchev–Trinajstić information content (AvgIpc) is 2.61. The zero-order chi connectivity index (χ0) is 13.1. The summed E-state index contributed by atoms with van der Waals surface area (Å²) in [4.78, 5) is 15.8. The van der Waals surface area contributed by atoms with Gasteiger partial charge in [0.05, 0.1) is 17.1 Å². The molecule has 94 valence electrons. The molecule has 1 aromatic carbocycles. The second-order valence-electron chi connectivity index (χ2n) is 3.74. The summed E-state index contributed by atoms with van der Waals surface area (Å²) in [5.41, 5.74) is 0.747. The van der Waals surface area contributed by atoms with Gasteiger partial charge >= 0.3 is 0 Å². The van der Waals surface area contributed by atoms with Crippen molar-refractivity contribution in [3.8, 4) is 0 Å². The van der Waals surface area contributed by atoms with Gasteiger partial charge in [-0.2, -0.15) is 0 Å². The van der Waals surface area contributed by atoms with Crippen LogP contribution in [0.5, 0.6) is 0 Å². The monoisotopic (exact) mass is 268 g/mol. The number of aryl methyl sites for hydroxylation is 1. The smallest absolute Gasteiger partial charge is 0.230 e. The van der Waals surface area contributed by atoms with Crippen molar-refractivity contribution in [2.24, 2.45) is 0 Å². The van der Waals surface area contributed by atoms with Crippen LogP contribution in [0.2, 0.25) is 0 Å². The summed E-state index contributed by atoms with van der Waals surface area (Å²) in [5, 5.41) is 5.08. The van der Waals surface area contributed by atoms with Crippen LogP contribution in [0.1, 0.15) is 10.7 Å². The lowest BCUT2D eigenvalue weighted by molar-refractivity contribution is -0.115. The van der Waals surface area contributed by atoms with Crippen LogP contribution in [0.4, 0.5) is 14.5 Å². The second kappa shape index (κ2) is 5.22. The fraction of sp³-hybridized carbons (Fsp3) is 0.167. The number of carbonyl (C=O) groups is 1. The second-order valence-corrected chi connectivity index (χ2v) is 4.80. The van der Waals surface area contributed by atoms with Gasteiger partial charge in [0.15, 0.2) is 0 Å². The third kappa shape index (κ3) is 3.33. The number of hydrogen-bond donors (Lipinski definition) is 1. The molecule has 0 radical (unpaired) electrons. The van der Waals surface area contributed by atoms with Crippen molar-refractivity contribution in [1.29, 1.82) is 0 Å². The van der Waals surface area contributed by atoms with E-state index in [0.29, 0.717) is 5.69 Å². The van der Waals surface area contributed by atoms with E-state index < -0.39 is 11.6 Å². The number of carbonyl (C=O) groups excluding carboxylic acids is 1. The zero-order valence-electron chi connectivity index (χ0n) is 9.54. The van der Waals surface area contributed by atoms with Crippen LogP contribution in [0.3, 0.4) is 0 Å². The van der Waals surface area contributed by atoms with E-state index in [4.69, 9.17) is 0 Å². The molecule has 0 atom stereocenters. The quantitative estimate of drug-likeness (QED) is 0.930. The molecule has 0 unspecified atom stereocenters. The molecule has 2 aromatic rings. The Bertz CT molecular complexity index is 563. The molecular weight excluding hydrogens is 258 g/mol. The molecule has 0 bridgehead atoms. The third-order valence-corrected chi connectivity index (χ3v) is 2.98. The standard InChI is InChI=1S/C12H10F2N2OS/c1-7-15-11(6-18-7)5-12(17)16-10-3-8(13)2-9(14)4-10/h2-4,6H,5H2,1H3,(H,16,17). The Morgan fingerprint density at radius 3 is 2.56 bits per heavy atom. The minimum atomic E-state index is -0.727. The average molecular weight is 268 g/mol. The Hall–Kier alpha value is -1.82. The SMILES string of the molecule is Cc1nc(CC(=O)Nc2cc(F)cc(F)c2)cs1. The molecule has 0 spiro atoms. The Morgan fingerprint density at radius 1 is 1.33 bits per heavy atom. The molecule has 2 rings (SSSR count). The number of thiazole rings is 1. The van der Waals surface area contributed by atoms with E-state index in [0.717, 1.165) is 23.2 Å². The highest BCUT2D eigenvalue weighted by Crippen LogP contribution is 2.14. The summed E-state index contributed by atoms with van der Waals surface area (Å²) < 4.78 is 25.8.